The fourth-order valence-electron chi connectivity index (χ4n) is 3.26. The lowest BCUT2D eigenvalue weighted by atomic mass is 10.1. The first-order valence-corrected chi connectivity index (χ1v) is 12.2. The molecular formula is C30H35F2N5O4. The van der Waals surface area contributed by atoms with E-state index in [9.17, 15) is 18.4 Å². The van der Waals surface area contributed by atoms with Crippen molar-refractivity contribution in [2.24, 2.45) is 7.05 Å². The van der Waals surface area contributed by atoms with E-state index in [1.165, 1.54) is 48.7 Å². The summed E-state index contributed by atoms with van der Waals surface area (Å²) in [5, 5.41) is 19.4. The van der Waals surface area contributed by atoms with Crippen LogP contribution in [0, 0.1) is 11.6 Å². The first kappa shape index (κ1) is 34.2. The molecule has 0 bridgehead atoms. The number of likely N-dealkylation sites (N-methyl/N-ethyl adjacent to an activating group) is 1. The van der Waals surface area contributed by atoms with E-state index in [2.05, 4.69) is 27.6 Å². The standard InChI is InChI=1S/C17H21FN4O.C12H10FNO2.CH4O/c1-5-16-12(10-21-22(16)4)8-14(11-19-2)23-17-7-6-13(20-3)9-15(17)18;13-12-5-3-10(4-6-12)11(8-15)2-1-7-14-9-16;1-2/h5-10,19-20H,1,11H2,2-4H3;1-9H,(H,14,16);2H,1H3/b14-8+;7-1-,11-2-;. The maximum absolute atomic E-state index is 14.1. The Morgan fingerprint density at radius 1 is 1.12 bits per heavy atom. The average molecular weight is 568 g/mol. The predicted molar refractivity (Wildman–Crippen MR) is 159 cm³/mol. The lowest BCUT2D eigenvalue weighted by Crippen LogP contribution is -2.15. The highest BCUT2D eigenvalue weighted by Crippen LogP contribution is 2.24. The van der Waals surface area contributed by atoms with E-state index in [-0.39, 0.29) is 11.6 Å². The van der Waals surface area contributed by atoms with Crippen molar-refractivity contribution >= 4 is 36.1 Å². The van der Waals surface area contributed by atoms with E-state index in [0.29, 0.717) is 41.8 Å². The number of aryl methyl sites for hydroxylation is 1. The van der Waals surface area contributed by atoms with Crippen LogP contribution in [0.1, 0.15) is 16.8 Å². The molecule has 0 radical (unpaired) electrons. The van der Waals surface area contributed by atoms with Crippen LogP contribution in [-0.2, 0) is 16.6 Å². The van der Waals surface area contributed by atoms with Gasteiger partial charge in [-0.2, -0.15) is 5.10 Å². The zero-order valence-electron chi connectivity index (χ0n) is 23.4. The highest BCUT2D eigenvalue weighted by atomic mass is 19.1. The minimum absolute atomic E-state index is 0.176. The Morgan fingerprint density at radius 3 is 2.39 bits per heavy atom. The second-order valence-electron chi connectivity index (χ2n) is 7.84. The number of halogens is 2. The lowest BCUT2D eigenvalue weighted by molar-refractivity contribution is -0.108. The molecule has 3 aromatic rings. The van der Waals surface area contributed by atoms with Crippen LogP contribution in [0.5, 0.6) is 5.75 Å². The van der Waals surface area contributed by atoms with Gasteiger partial charge < -0.3 is 25.8 Å². The van der Waals surface area contributed by atoms with E-state index in [1.807, 2.05) is 13.1 Å². The first-order chi connectivity index (χ1) is 19.9. The number of aldehydes is 1. The molecule has 0 saturated heterocycles. The summed E-state index contributed by atoms with van der Waals surface area (Å²) in [4.78, 5) is 20.7. The average Bonchev–Trinajstić information content (AvgIpc) is 3.34. The van der Waals surface area contributed by atoms with E-state index < -0.39 is 5.82 Å². The fourth-order valence-corrected chi connectivity index (χ4v) is 3.26. The van der Waals surface area contributed by atoms with Crippen LogP contribution in [0.2, 0.25) is 0 Å². The molecule has 1 aromatic heterocycles. The van der Waals surface area contributed by atoms with Crippen molar-refractivity contribution in [1.29, 1.82) is 0 Å². The second-order valence-corrected chi connectivity index (χ2v) is 7.84. The minimum atomic E-state index is -0.422. The van der Waals surface area contributed by atoms with Crippen LogP contribution in [-0.4, -0.2) is 55.3 Å². The van der Waals surface area contributed by atoms with Crippen LogP contribution < -0.4 is 20.7 Å². The maximum Gasteiger partial charge on any atom is 0.211 e. The van der Waals surface area contributed by atoms with Crippen molar-refractivity contribution in [2.75, 3.05) is 33.1 Å². The summed E-state index contributed by atoms with van der Waals surface area (Å²) in [6.45, 7) is 4.24. The number of benzene rings is 2. The number of nitrogens with zero attached hydrogens (tertiary/aromatic N) is 2. The molecule has 1 amide bonds. The zero-order chi connectivity index (χ0) is 30.6. The van der Waals surface area contributed by atoms with Gasteiger partial charge in [0, 0.05) is 50.3 Å². The molecule has 0 atom stereocenters. The Morgan fingerprint density at radius 2 is 1.83 bits per heavy atom. The number of allylic oxidation sites excluding steroid dienone is 3. The van der Waals surface area contributed by atoms with Gasteiger partial charge in [-0.05, 0) is 61.2 Å². The van der Waals surface area contributed by atoms with Gasteiger partial charge in [-0.1, -0.05) is 18.7 Å². The third-order valence-electron chi connectivity index (χ3n) is 5.18. The number of aromatic nitrogens is 2. The Bertz CT molecular complexity index is 1350. The van der Waals surface area contributed by atoms with Gasteiger partial charge in [-0.15, -0.1) is 0 Å². The number of ether oxygens (including phenoxy) is 1. The molecule has 11 heteroatoms. The Kier molecular flexibility index (Phi) is 16.0. The molecule has 1 heterocycles. The highest BCUT2D eigenvalue weighted by Gasteiger charge is 2.10. The summed E-state index contributed by atoms with van der Waals surface area (Å²) in [7, 11) is 6.37. The van der Waals surface area contributed by atoms with Gasteiger partial charge in [0.15, 0.2) is 17.9 Å². The Hall–Kier alpha value is -4.87. The van der Waals surface area contributed by atoms with E-state index >= 15 is 0 Å². The number of nitrogens with one attached hydrogen (secondary N) is 3. The van der Waals surface area contributed by atoms with Gasteiger partial charge in [-0.25, -0.2) is 8.78 Å². The lowest BCUT2D eigenvalue weighted by Gasteiger charge is -2.12. The van der Waals surface area contributed by atoms with Crippen LogP contribution in [0.3, 0.4) is 0 Å². The summed E-state index contributed by atoms with van der Waals surface area (Å²) in [5.74, 6) is -0.0182. The van der Waals surface area contributed by atoms with Gasteiger partial charge in [0.2, 0.25) is 6.41 Å². The molecule has 218 valence electrons. The summed E-state index contributed by atoms with van der Waals surface area (Å²) < 4.78 is 34.2. The first-order valence-electron chi connectivity index (χ1n) is 12.2. The van der Waals surface area contributed by atoms with Crippen LogP contribution in [0.15, 0.2) is 79.4 Å². The zero-order valence-corrected chi connectivity index (χ0v) is 23.4. The number of aliphatic hydroxyl groups is 1. The second kappa shape index (κ2) is 19.2. The number of hydrogen-bond acceptors (Lipinski definition) is 7. The predicted octanol–water partition coefficient (Wildman–Crippen LogP) is 4.16. The number of hydrogen-bond donors (Lipinski definition) is 4. The van der Waals surface area contributed by atoms with Gasteiger partial charge in [0.1, 0.15) is 11.6 Å². The van der Waals surface area contributed by atoms with Crippen molar-refractivity contribution in [3.63, 3.8) is 0 Å². The number of rotatable bonds is 12. The number of carbonyl (C=O) groups is 2. The minimum Gasteiger partial charge on any atom is -0.457 e. The molecule has 3 rings (SSSR count). The number of amides is 1. The molecule has 4 N–H and O–H groups in total. The van der Waals surface area contributed by atoms with Crippen LogP contribution in [0.25, 0.3) is 17.7 Å². The highest BCUT2D eigenvalue weighted by molar-refractivity contribution is 6.07. The third-order valence-corrected chi connectivity index (χ3v) is 5.18. The van der Waals surface area contributed by atoms with E-state index in [4.69, 9.17) is 9.84 Å². The van der Waals surface area contributed by atoms with Gasteiger partial charge in [0.05, 0.1) is 18.4 Å². The molecule has 0 aliphatic carbocycles. The van der Waals surface area contributed by atoms with Crippen molar-refractivity contribution in [2.45, 2.75) is 0 Å². The van der Waals surface area contributed by atoms with Crippen molar-refractivity contribution in [3.05, 3.63) is 108 Å². The molecule has 0 saturated carbocycles. The van der Waals surface area contributed by atoms with Gasteiger partial charge in [-0.3, -0.25) is 14.3 Å². The fraction of sp³-hybridized carbons (Fsp3) is 0.167. The van der Waals surface area contributed by atoms with Crippen molar-refractivity contribution in [3.8, 4) is 5.75 Å². The van der Waals surface area contributed by atoms with Crippen LogP contribution in [0.4, 0.5) is 14.5 Å². The van der Waals surface area contributed by atoms with Gasteiger partial charge in [0.25, 0.3) is 0 Å². The van der Waals surface area contributed by atoms with Gasteiger partial charge >= 0.3 is 0 Å². The molecule has 2 aromatic carbocycles. The number of carbonyl (C=O) groups excluding carboxylic acids is 2. The number of aliphatic hydroxyl groups excluding tert-OH is 1. The largest absolute Gasteiger partial charge is 0.457 e. The molecular weight excluding hydrogens is 532 g/mol. The molecule has 9 nitrogen and oxygen atoms in total. The Labute approximate surface area is 238 Å². The molecule has 0 fully saturated rings. The summed E-state index contributed by atoms with van der Waals surface area (Å²) >= 11 is 0. The Balaban J connectivity index is 0.000000410. The van der Waals surface area contributed by atoms with Crippen LogP contribution >= 0.6 is 0 Å². The third kappa shape index (κ3) is 11.4. The summed E-state index contributed by atoms with van der Waals surface area (Å²) in [6, 6.07) is 10.3. The topological polar surface area (TPSA) is 118 Å². The normalized spacial score (nSPS) is 11.0. The van der Waals surface area contributed by atoms with E-state index in [1.54, 1.807) is 43.2 Å². The molecule has 0 unspecified atom stereocenters. The maximum atomic E-state index is 14.1. The monoisotopic (exact) mass is 567 g/mol. The van der Waals surface area contributed by atoms with Crippen molar-refractivity contribution < 1.29 is 28.2 Å². The molecule has 0 aliphatic heterocycles. The summed E-state index contributed by atoms with van der Waals surface area (Å²) in [6.07, 6.45) is 10.9. The van der Waals surface area contributed by atoms with Crippen molar-refractivity contribution in [1.82, 2.24) is 20.4 Å². The molecule has 41 heavy (non-hydrogen) atoms. The quantitative estimate of drug-likeness (QED) is 0.112. The smallest absolute Gasteiger partial charge is 0.211 e. The molecule has 0 spiro atoms. The number of anilines is 1. The molecule has 0 aliphatic rings. The SMILES string of the molecule is C=Cc1c(/C=C(\CNC)Oc2ccc(NC)cc2F)cnn1C.CO.O=CN/C=C\C=C(\C=O)c1ccc(F)cc1. The summed E-state index contributed by atoms with van der Waals surface area (Å²) in [5.41, 5.74) is 3.44. The van der Waals surface area contributed by atoms with E-state index in [0.717, 1.165) is 18.4 Å².